The van der Waals surface area contributed by atoms with Crippen LogP contribution in [0.2, 0.25) is 0 Å². The van der Waals surface area contributed by atoms with E-state index in [4.69, 9.17) is 9.47 Å². The molecule has 1 atom stereocenters. The van der Waals surface area contributed by atoms with Crippen LogP contribution in [0.25, 0.3) is 0 Å². The van der Waals surface area contributed by atoms with Crippen LogP contribution in [0.5, 0.6) is 0 Å². The second-order valence-corrected chi connectivity index (χ2v) is 1.84. The minimum atomic E-state index is -0.234. The fourth-order valence-electron chi connectivity index (χ4n) is 0.644. The van der Waals surface area contributed by atoms with Gasteiger partial charge >= 0.3 is 0 Å². The Bertz CT molecular complexity index is 109. The topological polar surface area (TPSA) is 47.6 Å². The summed E-state index contributed by atoms with van der Waals surface area (Å²) in [6, 6.07) is 0. The zero-order valence-corrected chi connectivity index (χ0v) is 5.22. The molecule has 1 aliphatic heterocycles. The molecular formula is C5H9NO3. The van der Waals surface area contributed by atoms with Crippen molar-refractivity contribution < 1.29 is 14.3 Å². The second kappa shape index (κ2) is 2.80. The van der Waals surface area contributed by atoms with E-state index in [1.165, 1.54) is 6.92 Å². The predicted octanol–water partition coefficient (Wildman–Crippen LogP) is -0.547. The molecule has 0 radical (unpaired) electrons. The van der Waals surface area contributed by atoms with E-state index in [1.54, 1.807) is 0 Å². The van der Waals surface area contributed by atoms with Gasteiger partial charge in [-0.25, -0.2) is 0 Å². The normalized spacial score (nSPS) is 26.1. The summed E-state index contributed by atoms with van der Waals surface area (Å²) >= 11 is 0. The molecule has 1 heterocycles. The van der Waals surface area contributed by atoms with Gasteiger partial charge in [-0.2, -0.15) is 0 Å². The van der Waals surface area contributed by atoms with Crippen LogP contribution >= 0.6 is 0 Å². The maximum absolute atomic E-state index is 10.4. The first-order valence-electron chi connectivity index (χ1n) is 2.75. The number of hydrogen-bond donors (Lipinski definition) is 1. The largest absolute Gasteiger partial charge is 0.351 e. The van der Waals surface area contributed by atoms with Gasteiger partial charge in [-0.15, -0.1) is 0 Å². The number of carbonyl (C=O) groups is 1. The molecule has 1 fully saturated rings. The molecule has 0 aromatic carbocycles. The number of hydrogen-bond acceptors (Lipinski definition) is 3. The molecule has 9 heavy (non-hydrogen) atoms. The van der Waals surface area contributed by atoms with E-state index in [9.17, 15) is 4.79 Å². The van der Waals surface area contributed by atoms with Crippen LogP contribution < -0.4 is 5.32 Å². The number of ether oxygens (including phenoxy) is 2. The van der Waals surface area contributed by atoms with Crippen molar-refractivity contribution in [3.05, 3.63) is 0 Å². The number of carbonyl (C=O) groups excluding carboxylic acids is 1. The van der Waals surface area contributed by atoms with Gasteiger partial charge in [0.25, 0.3) is 0 Å². The molecule has 0 saturated carbocycles. The molecule has 1 saturated heterocycles. The number of amides is 1. The summed E-state index contributed by atoms with van der Waals surface area (Å²) < 4.78 is 9.73. The van der Waals surface area contributed by atoms with E-state index >= 15 is 0 Å². The Hall–Kier alpha value is -0.610. The van der Waals surface area contributed by atoms with Crippen LogP contribution in [0.15, 0.2) is 0 Å². The van der Waals surface area contributed by atoms with E-state index in [0.717, 1.165) is 0 Å². The fourth-order valence-corrected chi connectivity index (χ4v) is 0.644. The number of nitrogens with one attached hydrogen (secondary N) is 1. The van der Waals surface area contributed by atoms with Gasteiger partial charge in [-0.05, 0) is 0 Å². The van der Waals surface area contributed by atoms with E-state index in [1.807, 2.05) is 0 Å². The Balaban J connectivity index is 2.19. The van der Waals surface area contributed by atoms with Crippen molar-refractivity contribution in [2.75, 3.05) is 13.4 Å². The van der Waals surface area contributed by atoms with Crippen LogP contribution in [-0.2, 0) is 14.3 Å². The Kier molecular flexibility index (Phi) is 2.02. The van der Waals surface area contributed by atoms with E-state index in [2.05, 4.69) is 5.32 Å². The molecule has 0 bridgehead atoms. The molecule has 0 aromatic rings. The summed E-state index contributed by atoms with van der Waals surface area (Å²) in [5, 5.41) is 2.56. The molecule has 0 aromatic heterocycles. The summed E-state index contributed by atoms with van der Waals surface area (Å²) in [6.07, 6.45) is -0.234. The first-order chi connectivity index (χ1) is 4.29. The molecule has 4 nitrogen and oxygen atoms in total. The minimum absolute atomic E-state index is 0.0921. The zero-order chi connectivity index (χ0) is 6.69. The SMILES string of the molecule is CC(=O)NC1COCO1. The smallest absolute Gasteiger partial charge is 0.218 e. The molecule has 52 valence electrons. The van der Waals surface area contributed by atoms with Gasteiger partial charge in [-0.3, -0.25) is 4.79 Å². The van der Waals surface area contributed by atoms with Crippen molar-refractivity contribution >= 4 is 5.91 Å². The third-order valence-electron chi connectivity index (χ3n) is 0.986. The standard InChI is InChI=1S/C5H9NO3/c1-4(7)6-5-2-8-3-9-5/h5H,2-3H2,1H3,(H,6,7). The molecule has 1 unspecified atom stereocenters. The van der Waals surface area contributed by atoms with Crippen molar-refractivity contribution in [3.63, 3.8) is 0 Å². The minimum Gasteiger partial charge on any atom is -0.351 e. The molecule has 0 spiro atoms. The van der Waals surface area contributed by atoms with Crippen molar-refractivity contribution in [2.45, 2.75) is 13.2 Å². The molecule has 1 rings (SSSR count). The van der Waals surface area contributed by atoms with Crippen LogP contribution in [0.1, 0.15) is 6.92 Å². The fraction of sp³-hybridized carbons (Fsp3) is 0.800. The van der Waals surface area contributed by atoms with Crippen molar-refractivity contribution in [2.24, 2.45) is 0 Å². The Morgan fingerprint density at radius 3 is 3.00 bits per heavy atom. The van der Waals surface area contributed by atoms with Gasteiger partial charge in [0.05, 0.1) is 6.61 Å². The third-order valence-corrected chi connectivity index (χ3v) is 0.986. The molecular weight excluding hydrogens is 122 g/mol. The highest BCUT2D eigenvalue weighted by atomic mass is 16.7. The summed E-state index contributed by atoms with van der Waals surface area (Å²) in [6.45, 7) is 2.19. The Morgan fingerprint density at radius 1 is 1.78 bits per heavy atom. The van der Waals surface area contributed by atoms with Crippen LogP contribution in [-0.4, -0.2) is 25.5 Å². The van der Waals surface area contributed by atoms with Gasteiger partial charge in [-0.1, -0.05) is 0 Å². The average Bonchev–Trinajstić information content (AvgIpc) is 2.15. The van der Waals surface area contributed by atoms with Gasteiger partial charge in [0.2, 0.25) is 5.91 Å². The molecule has 1 amide bonds. The van der Waals surface area contributed by atoms with Gasteiger partial charge < -0.3 is 14.8 Å². The maximum Gasteiger partial charge on any atom is 0.218 e. The predicted molar refractivity (Wildman–Crippen MR) is 29.5 cm³/mol. The third kappa shape index (κ3) is 1.99. The first-order valence-corrected chi connectivity index (χ1v) is 2.75. The summed E-state index contributed by atoms with van der Waals surface area (Å²) in [4.78, 5) is 10.4. The monoisotopic (exact) mass is 131 g/mol. The van der Waals surface area contributed by atoms with Crippen molar-refractivity contribution in [1.82, 2.24) is 5.32 Å². The highest BCUT2D eigenvalue weighted by Gasteiger charge is 2.15. The van der Waals surface area contributed by atoms with Crippen LogP contribution in [0.3, 0.4) is 0 Å². The Labute approximate surface area is 53.1 Å². The lowest BCUT2D eigenvalue weighted by Crippen LogP contribution is -2.34. The summed E-state index contributed by atoms with van der Waals surface area (Å²) in [7, 11) is 0. The lowest BCUT2D eigenvalue weighted by atomic mass is 10.5. The van der Waals surface area contributed by atoms with Crippen LogP contribution in [0.4, 0.5) is 0 Å². The molecule has 0 aliphatic carbocycles. The van der Waals surface area contributed by atoms with Crippen molar-refractivity contribution in [1.29, 1.82) is 0 Å². The zero-order valence-electron chi connectivity index (χ0n) is 5.22. The highest BCUT2D eigenvalue weighted by Crippen LogP contribution is 1.97. The summed E-state index contributed by atoms with van der Waals surface area (Å²) in [5.74, 6) is -0.0921. The van der Waals surface area contributed by atoms with Gasteiger partial charge in [0.15, 0.2) is 6.23 Å². The van der Waals surface area contributed by atoms with Crippen molar-refractivity contribution in [3.8, 4) is 0 Å². The van der Waals surface area contributed by atoms with Crippen LogP contribution in [0, 0.1) is 0 Å². The number of rotatable bonds is 1. The van der Waals surface area contributed by atoms with Gasteiger partial charge in [0.1, 0.15) is 6.79 Å². The maximum atomic E-state index is 10.4. The second-order valence-electron chi connectivity index (χ2n) is 1.84. The molecule has 1 aliphatic rings. The van der Waals surface area contributed by atoms with E-state index in [-0.39, 0.29) is 18.9 Å². The molecule has 1 N–H and O–H groups in total. The van der Waals surface area contributed by atoms with Gasteiger partial charge in [0, 0.05) is 6.92 Å². The lowest BCUT2D eigenvalue weighted by Gasteiger charge is -2.05. The first kappa shape index (κ1) is 6.51. The Morgan fingerprint density at radius 2 is 2.56 bits per heavy atom. The average molecular weight is 131 g/mol. The lowest BCUT2D eigenvalue weighted by molar-refractivity contribution is -0.122. The summed E-state index contributed by atoms with van der Waals surface area (Å²) in [5.41, 5.74) is 0. The van der Waals surface area contributed by atoms with E-state index < -0.39 is 0 Å². The quantitative estimate of drug-likeness (QED) is 0.519. The highest BCUT2D eigenvalue weighted by molar-refractivity contribution is 5.73. The molecule has 4 heteroatoms. The van der Waals surface area contributed by atoms with E-state index in [0.29, 0.717) is 6.61 Å².